The molecule has 2 rings (SSSR count). The molecular weight excluding hydrogens is 242 g/mol. The molecule has 2 heterocycles. The normalized spacial score (nSPS) is 22.2. The highest BCUT2D eigenvalue weighted by molar-refractivity contribution is 5.85. The summed E-state index contributed by atoms with van der Waals surface area (Å²) < 4.78 is 0. The minimum Gasteiger partial charge on any atom is -0.341 e. The van der Waals surface area contributed by atoms with E-state index >= 15 is 0 Å². The van der Waals surface area contributed by atoms with Crippen LogP contribution in [0, 0.1) is 0 Å². The third-order valence-electron chi connectivity index (χ3n) is 4.25. The first kappa shape index (κ1) is 14.3. The maximum absolute atomic E-state index is 12.3. The Morgan fingerprint density at radius 2 is 2.05 bits per heavy atom. The molecule has 2 fully saturated rings. The van der Waals surface area contributed by atoms with Crippen molar-refractivity contribution in [1.29, 1.82) is 0 Å². The second kappa shape index (κ2) is 6.89. The molecular formula is C14H25N3O2. The van der Waals surface area contributed by atoms with E-state index in [1.807, 2.05) is 11.9 Å². The zero-order chi connectivity index (χ0) is 13.7. The van der Waals surface area contributed by atoms with Crippen LogP contribution in [0.4, 0.5) is 0 Å². The molecule has 0 aromatic rings. The smallest absolute Gasteiger partial charge is 0.242 e. The van der Waals surface area contributed by atoms with E-state index in [4.69, 9.17) is 0 Å². The SMILES string of the molecule is CN(C(=O)CN1CCCCCC1=O)C1CCNCC1. The molecule has 2 aliphatic rings. The topological polar surface area (TPSA) is 52.7 Å². The van der Waals surface area contributed by atoms with Crippen molar-refractivity contribution in [2.24, 2.45) is 0 Å². The molecule has 2 aliphatic heterocycles. The zero-order valence-corrected chi connectivity index (χ0v) is 11.9. The fraction of sp³-hybridized carbons (Fsp3) is 0.857. The first-order valence-corrected chi connectivity index (χ1v) is 7.42. The van der Waals surface area contributed by atoms with Crippen molar-refractivity contribution in [2.75, 3.05) is 33.2 Å². The molecule has 0 spiro atoms. The van der Waals surface area contributed by atoms with Gasteiger partial charge in [-0.05, 0) is 38.8 Å². The van der Waals surface area contributed by atoms with Crippen molar-refractivity contribution in [3.05, 3.63) is 0 Å². The highest BCUT2D eigenvalue weighted by Gasteiger charge is 2.25. The van der Waals surface area contributed by atoms with Gasteiger partial charge in [-0.1, -0.05) is 6.42 Å². The van der Waals surface area contributed by atoms with Crippen LogP contribution in [0.15, 0.2) is 0 Å². The lowest BCUT2D eigenvalue weighted by Crippen LogP contribution is -2.48. The third-order valence-corrected chi connectivity index (χ3v) is 4.25. The van der Waals surface area contributed by atoms with Gasteiger partial charge in [0.15, 0.2) is 0 Å². The van der Waals surface area contributed by atoms with E-state index in [1.165, 1.54) is 0 Å². The number of piperidine rings is 1. The van der Waals surface area contributed by atoms with Crippen molar-refractivity contribution < 1.29 is 9.59 Å². The van der Waals surface area contributed by atoms with Crippen LogP contribution in [0.2, 0.25) is 0 Å². The lowest BCUT2D eigenvalue weighted by Gasteiger charge is -2.33. The molecule has 2 amide bonds. The summed E-state index contributed by atoms with van der Waals surface area (Å²) in [4.78, 5) is 27.8. The summed E-state index contributed by atoms with van der Waals surface area (Å²) in [5.74, 6) is 0.228. The Morgan fingerprint density at radius 3 is 2.79 bits per heavy atom. The van der Waals surface area contributed by atoms with E-state index in [1.54, 1.807) is 4.90 Å². The highest BCUT2D eigenvalue weighted by Crippen LogP contribution is 2.13. The van der Waals surface area contributed by atoms with Gasteiger partial charge in [-0.25, -0.2) is 0 Å². The van der Waals surface area contributed by atoms with E-state index in [9.17, 15) is 9.59 Å². The van der Waals surface area contributed by atoms with E-state index in [0.717, 1.165) is 51.7 Å². The fourth-order valence-electron chi connectivity index (χ4n) is 2.88. The monoisotopic (exact) mass is 267 g/mol. The number of likely N-dealkylation sites (N-methyl/N-ethyl adjacent to an activating group) is 1. The Hall–Kier alpha value is -1.10. The van der Waals surface area contributed by atoms with Crippen LogP contribution in [0.3, 0.4) is 0 Å². The summed E-state index contributed by atoms with van der Waals surface area (Å²) in [5.41, 5.74) is 0. The number of carbonyl (C=O) groups is 2. The first-order chi connectivity index (χ1) is 9.18. The van der Waals surface area contributed by atoms with Crippen molar-refractivity contribution in [3.8, 4) is 0 Å². The van der Waals surface area contributed by atoms with Gasteiger partial charge in [0.2, 0.25) is 11.8 Å². The number of amides is 2. The van der Waals surface area contributed by atoms with E-state index < -0.39 is 0 Å². The molecule has 0 unspecified atom stereocenters. The first-order valence-electron chi connectivity index (χ1n) is 7.42. The molecule has 19 heavy (non-hydrogen) atoms. The molecule has 0 atom stereocenters. The summed E-state index contributed by atoms with van der Waals surface area (Å²) in [6.45, 7) is 2.96. The lowest BCUT2D eigenvalue weighted by molar-refractivity contribution is -0.140. The van der Waals surface area contributed by atoms with Crippen molar-refractivity contribution in [3.63, 3.8) is 0 Å². The molecule has 0 aromatic heterocycles. The second-order valence-corrected chi connectivity index (χ2v) is 5.61. The van der Waals surface area contributed by atoms with Crippen LogP contribution >= 0.6 is 0 Å². The zero-order valence-electron chi connectivity index (χ0n) is 11.9. The Bertz CT molecular complexity index is 327. The van der Waals surface area contributed by atoms with E-state index in [-0.39, 0.29) is 18.4 Å². The Morgan fingerprint density at radius 1 is 1.32 bits per heavy atom. The van der Waals surface area contributed by atoms with Gasteiger partial charge >= 0.3 is 0 Å². The van der Waals surface area contributed by atoms with Gasteiger partial charge in [-0.2, -0.15) is 0 Å². The van der Waals surface area contributed by atoms with Crippen LogP contribution in [-0.4, -0.2) is 60.9 Å². The molecule has 0 bridgehead atoms. The second-order valence-electron chi connectivity index (χ2n) is 5.61. The van der Waals surface area contributed by atoms with Gasteiger partial charge in [0.1, 0.15) is 0 Å². The van der Waals surface area contributed by atoms with Gasteiger partial charge in [-0.3, -0.25) is 9.59 Å². The number of nitrogens with one attached hydrogen (secondary N) is 1. The summed E-state index contributed by atoms with van der Waals surface area (Å²) in [5, 5.41) is 3.30. The van der Waals surface area contributed by atoms with Gasteiger partial charge in [0, 0.05) is 26.1 Å². The molecule has 5 nitrogen and oxygen atoms in total. The van der Waals surface area contributed by atoms with E-state index in [2.05, 4.69) is 5.32 Å². The molecule has 0 saturated carbocycles. The van der Waals surface area contributed by atoms with Gasteiger partial charge in [-0.15, -0.1) is 0 Å². The van der Waals surface area contributed by atoms with Crippen LogP contribution in [-0.2, 0) is 9.59 Å². The largest absolute Gasteiger partial charge is 0.341 e. The summed E-state index contributed by atoms with van der Waals surface area (Å²) in [6.07, 6.45) is 5.71. The Kier molecular flexibility index (Phi) is 5.19. The number of carbonyl (C=O) groups excluding carboxylic acids is 2. The van der Waals surface area contributed by atoms with Crippen LogP contribution < -0.4 is 5.32 Å². The number of rotatable bonds is 3. The number of likely N-dealkylation sites (tertiary alicyclic amines) is 1. The minimum absolute atomic E-state index is 0.0853. The lowest BCUT2D eigenvalue weighted by atomic mass is 10.1. The van der Waals surface area contributed by atoms with Crippen LogP contribution in [0.5, 0.6) is 0 Å². The fourth-order valence-corrected chi connectivity index (χ4v) is 2.88. The van der Waals surface area contributed by atoms with Crippen LogP contribution in [0.25, 0.3) is 0 Å². The van der Waals surface area contributed by atoms with Gasteiger partial charge in [0.25, 0.3) is 0 Å². The summed E-state index contributed by atoms with van der Waals surface area (Å²) in [7, 11) is 1.88. The number of hydrogen-bond acceptors (Lipinski definition) is 3. The predicted octanol–water partition coefficient (Wildman–Crippen LogP) is 0.599. The molecule has 1 N–H and O–H groups in total. The predicted molar refractivity (Wildman–Crippen MR) is 73.7 cm³/mol. The van der Waals surface area contributed by atoms with Crippen molar-refractivity contribution >= 4 is 11.8 Å². The number of nitrogens with zero attached hydrogens (tertiary/aromatic N) is 2. The summed E-state index contributed by atoms with van der Waals surface area (Å²) in [6, 6.07) is 0.329. The van der Waals surface area contributed by atoms with Crippen molar-refractivity contribution in [2.45, 2.75) is 44.6 Å². The highest BCUT2D eigenvalue weighted by atomic mass is 16.2. The molecule has 0 aromatic carbocycles. The van der Waals surface area contributed by atoms with E-state index in [0.29, 0.717) is 12.5 Å². The molecule has 0 aliphatic carbocycles. The molecule has 108 valence electrons. The minimum atomic E-state index is 0.0853. The average molecular weight is 267 g/mol. The van der Waals surface area contributed by atoms with Gasteiger partial charge < -0.3 is 15.1 Å². The summed E-state index contributed by atoms with van der Waals surface area (Å²) >= 11 is 0. The third kappa shape index (κ3) is 3.93. The van der Waals surface area contributed by atoms with Gasteiger partial charge in [0.05, 0.1) is 6.54 Å². The maximum Gasteiger partial charge on any atom is 0.242 e. The Balaban J connectivity index is 1.86. The maximum atomic E-state index is 12.3. The molecule has 2 saturated heterocycles. The van der Waals surface area contributed by atoms with Crippen molar-refractivity contribution in [1.82, 2.24) is 15.1 Å². The average Bonchev–Trinajstić information content (AvgIpc) is 2.64. The van der Waals surface area contributed by atoms with Crippen LogP contribution in [0.1, 0.15) is 38.5 Å². The number of hydrogen-bond donors (Lipinski definition) is 1. The standard InChI is InChI=1S/C14H25N3O2/c1-16(12-6-8-15-9-7-12)14(19)11-17-10-4-2-3-5-13(17)18/h12,15H,2-11H2,1H3. The molecule has 5 heteroatoms. The quantitative estimate of drug-likeness (QED) is 0.814. The Labute approximate surface area is 115 Å². The molecule has 0 radical (unpaired) electrons.